The Bertz CT molecular complexity index is 398. The number of aromatic nitrogens is 1. The van der Waals surface area contributed by atoms with Gasteiger partial charge in [0.25, 0.3) is 0 Å². The predicted octanol–water partition coefficient (Wildman–Crippen LogP) is 2.61. The molecule has 78 valence electrons. The lowest BCUT2D eigenvalue weighted by Crippen LogP contribution is -2.11. The van der Waals surface area contributed by atoms with Crippen molar-refractivity contribution in [3.05, 3.63) is 40.9 Å². The topological polar surface area (TPSA) is 39.2 Å². The lowest BCUT2D eigenvalue weighted by atomic mass is 10.1. The van der Waals surface area contributed by atoms with E-state index in [4.69, 9.17) is 16.3 Å². The summed E-state index contributed by atoms with van der Waals surface area (Å²) in [6, 6.07) is 3.24. The van der Waals surface area contributed by atoms with E-state index in [0.717, 1.165) is 12.8 Å². The van der Waals surface area contributed by atoms with E-state index < -0.39 is 0 Å². The number of carbonyl (C=O) groups is 1. The number of Topliss-reactive ketones (excluding diaryl/α,β-unsaturated/α-hetero) is 1. The third-order valence-electron chi connectivity index (χ3n) is 2.15. The molecule has 1 aromatic rings. The Morgan fingerprint density at radius 1 is 1.47 bits per heavy atom. The Balaban J connectivity index is 2.20. The van der Waals surface area contributed by atoms with Crippen molar-refractivity contribution >= 4 is 17.4 Å². The average molecular weight is 224 g/mol. The highest BCUT2D eigenvalue weighted by Gasteiger charge is 2.15. The Morgan fingerprint density at radius 3 is 2.93 bits per heavy atom. The van der Waals surface area contributed by atoms with E-state index >= 15 is 0 Å². The van der Waals surface area contributed by atoms with Gasteiger partial charge in [0.1, 0.15) is 5.15 Å². The second-order valence-electron chi connectivity index (χ2n) is 3.26. The highest BCUT2D eigenvalue weighted by Crippen LogP contribution is 2.16. The maximum Gasteiger partial charge on any atom is 0.228 e. The molecule has 0 spiro atoms. The van der Waals surface area contributed by atoms with Gasteiger partial charge in [-0.2, -0.15) is 0 Å². The summed E-state index contributed by atoms with van der Waals surface area (Å²) in [6.07, 6.45) is 5.14. The summed E-state index contributed by atoms with van der Waals surface area (Å²) in [5, 5.41) is 0.380. The Kier molecular flexibility index (Phi) is 3.02. The van der Waals surface area contributed by atoms with Gasteiger partial charge >= 0.3 is 0 Å². The van der Waals surface area contributed by atoms with Crippen LogP contribution in [0.25, 0.3) is 0 Å². The number of carbonyl (C=O) groups excluding carboxylic acids is 1. The number of rotatable bonds is 2. The van der Waals surface area contributed by atoms with E-state index in [9.17, 15) is 4.79 Å². The number of nitrogens with zero attached hydrogens (tertiary/aromatic N) is 1. The highest BCUT2D eigenvalue weighted by molar-refractivity contribution is 6.29. The second-order valence-corrected chi connectivity index (χ2v) is 3.65. The zero-order valence-corrected chi connectivity index (χ0v) is 8.83. The van der Waals surface area contributed by atoms with Gasteiger partial charge in [-0.15, -0.1) is 0 Å². The minimum absolute atomic E-state index is 0.126. The summed E-state index contributed by atoms with van der Waals surface area (Å²) in [6.45, 7) is 0.610. The van der Waals surface area contributed by atoms with Crippen LogP contribution in [0.1, 0.15) is 23.2 Å². The number of hydrogen-bond donors (Lipinski definition) is 0. The summed E-state index contributed by atoms with van der Waals surface area (Å²) in [5.74, 6) is 0.296. The van der Waals surface area contributed by atoms with Crippen LogP contribution in [0.2, 0.25) is 5.15 Å². The van der Waals surface area contributed by atoms with E-state index in [1.807, 2.05) is 6.08 Å². The molecule has 0 unspecified atom stereocenters. The van der Waals surface area contributed by atoms with Crippen LogP contribution < -0.4 is 0 Å². The third kappa shape index (κ3) is 2.36. The van der Waals surface area contributed by atoms with Gasteiger partial charge in [0.2, 0.25) is 5.78 Å². The van der Waals surface area contributed by atoms with Crippen molar-refractivity contribution < 1.29 is 9.53 Å². The fraction of sp³-hybridized carbons (Fsp3) is 0.273. The van der Waals surface area contributed by atoms with Gasteiger partial charge in [-0.1, -0.05) is 11.6 Å². The predicted molar refractivity (Wildman–Crippen MR) is 56.8 cm³/mol. The standard InChI is InChI=1S/C11H10ClNO2/c12-10-5-4-8(7-13-10)11(14)9-3-1-2-6-15-9/h3-5,7H,1-2,6H2. The van der Waals surface area contributed by atoms with Gasteiger partial charge in [0.05, 0.1) is 6.61 Å². The number of ketones is 1. The molecule has 3 nitrogen and oxygen atoms in total. The van der Waals surface area contributed by atoms with Crippen molar-refractivity contribution in [2.75, 3.05) is 6.61 Å². The van der Waals surface area contributed by atoms with Crippen LogP contribution in [-0.2, 0) is 4.74 Å². The minimum atomic E-state index is -0.126. The fourth-order valence-corrected chi connectivity index (χ4v) is 1.48. The van der Waals surface area contributed by atoms with E-state index in [2.05, 4.69) is 4.98 Å². The van der Waals surface area contributed by atoms with Crippen molar-refractivity contribution in [3.8, 4) is 0 Å². The van der Waals surface area contributed by atoms with Gasteiger partial charge < -0.3 is 4.74 Å². The Labute approximate surface area is 92.7 Å². The van der Waals surface area contributed by atoms with Crippen LogP contribution in [0.3, 0.4) is 0 Å². The van der Waals surface area contributed by atoms with E-state index in [1.54, 1.807) is 12.1 Å². The van der Waals surface area contributed by atoms with Crippen molar-refractivity contribution in [2.45, 2.75) is 12.8 Å². The molecule has 1 aromatic heterocycles. The van der Waals surface area contributed by atoms with E-state index in [0.29, 0.717) is 23.1 Å². The molecule has 0 amide bonds. The average Bonchev–Trinajstić information content (AvgIpc) is 2.30. The molecular formula is C11H10ClNO2. The van der Waals surface area contributed by atoms with Crippen molar-refractivity contribution in [2.24, 2.45) is 0 Å². The zero-order valence-electron chi connectivity index (χ0n) is 8.07. The van der Waals surface area contributed by atoms with Crippen LogP contribution in [0.15, 0.2) is 30.2 Å². The van der Waals surface area contributed by atoms with Crippen LogP contribution in [0.5, 0.6) is 0 Å². The normalized spacial score (nSPS) is 15.4. The smallest absolute Gasteiger partial charge is 0.228 e. The maximum atomic E-state index is 11.8. The number of allylic oxidation sites excluding steroid dienone is 2. The molecule has 2 rings (SSSR count). The third-order valence-corrected chi connectivity index (χ3v) is 2.37. The number of pyridine rings is 1. The van der Waals surface area contributed by atoms with Crippen molar-refractivity contribution in [1.29, 1.82) is 0 Å². The van der Waals surface area contributed by atoms with Gasteiger partial charge in [0, 0.05) is 11.8 Å². The minimum Gasteiger partial charge on any atom is -0.490 e. The monoisotopic (exact) mass is 223 g/mol. The molecule has 0 aliphatic carbocycles. The molecule has 1 aliphatic heterocycles. The highest BCUT2D eigenvalue weighted by atomic mass is 35.5. The molecular weight excluding hydrogens is 214 g/mol. The van der Waals surface area contributed by atoms with E-state index in [-0.39, 0.29) is 5.78 Å². The van der Waals surface area contributed by atoms with Crippen LogP contribution >= 0.6 is 11.6 Å². The van der Waals surface area contributed by atoms with Crippen LogP contribution in [0.4, 0.5) is 0 Å². The van der Waals surface area contributed by atoms with Crippen molar-refractivity contribution in [1.82, 2.24) is 4.98 Å². The van der Waals surface area contributed by atoms with Gasteiger partial charge in [0.15, 0.2) is 5.76 Å². The lowest BCUT2D eigenvalue weighted by molar-refractivity contribution is 0.0898. The summed E-state index contributed by atoms with van der Waals surface area (Å²) < 4.78 is 5.28. The first-order chi connectivity index (χ1) is 7.27. The van der Waals surface area contributed by atoms with Gasteiger partial charge in [-0.05, 0) is 31.1 Å². The largest absolute Gasteiger partial charge is 0.490 e. The van der Waals surface area contributed by atoms with E-state index in [1.165, 1.54) is 6.20 Å². The Hall–Kier alpha value is -1.35. The van der Waals surface area contributed by atoms with Crippen LogP contribution in [-0.4, -0.2) is 17.4 Å². The molecule has 15 heavy (non-hydrogen) atoms. The molecule has 0 atom stereocenters. The van der Waals surface area contributed by atoms with Gasteiger partial charge in [-0.25, -0.2) is 4.98 Å². The summed E-state index contributed by atoms with van der Waals surface area (Å²) in [7, 11) is 0. The maximum absolute atomic E-state index is 11.8. The number of ether oxygens (including phenoxy) is 1. The lowest BCUT2D eigenvalue weighted by Gasteiger charge is -2.13. The molecule has 0 fully saturated rings. The first-order valence-corrected chi connectivity index (χ1v) is 5.14. The molecule has 0 aromatic carbocycles. The first kappa shape index (κ1) is 10.2. The summed E-state index contributed by atoms with van der Waals surface area (Å²) >= 11 is 5.63. The molecule has 0 saturated carbocycles. The number of halogens is 1. The van der Waals surface area contributed by atoms with Crippen LogP contribution in [0, 0.1) is 0 Å². The molecule has 2 heterocycles. The summed E-state index contributed by atoms with van der Waals surface area (Å²) in [5.41, 5.74) is 0.507. The molecule has 0 saturated heterocycles. The summed E-state index contributed by atoms with van der Waals surface area (Å²) in [4.78, 5) is 15.7. The fourth-order valence-electron chi connectivity index (χ4n) is 1.37. The quantitative estimate of drug-likeness (QED) is 0.572. The second kappa shape index (κ2) is 4.45. The van der Waals surface area contributed by atoms with Gasteiger partial charge in [-0.3, -0.25) is 4.79 Å². The SMILES string of the molecule is O=C(C1=CCCCO1)c1ccc(Cl)nc1. The molecule has 0 N–H and O–H groups in total. The first-order valence-electron chi connectivity index (χ1n) is 4.76. The molecule has 4 heteroatoms. The molecule has 1 aliphatic rings. The Morgan fingerprint density at radius 2 is 2.33 bits per heavy atom. The zero-order chi connectivity index (χ0) is 10.7. The molecule has 0 radical (unpaired) electrons. The van der Waals surface area contributed by atoms with Crippen molar-refractivity contribution in [3.63, 3.8) is 0 Å². The number of hydrogen-bond acceptors (Lipinski definition) is 3. The molecule has 0 bridgehead atoms.